The lowest BCUT2D eigenvalue weighted by Gasteiger charge is -2.08. The van der Waals surface area contributed by atoms with E-state index < -0.39 is 0 Å². The van der Waals surface area contributed by atoms with Crippen LogP contribution in [0.25, 0.3) is 22.1 Å². The molecule has 0 saturated heterocycles. The Morgan fingerprint density at radius 3 is 2.21 bits per heavy atom. The van der Waals surface area contributed by atoms with E-state index in [1.807, 2.05) is 0 Å². The largest absolute Gasteiger partial charge is 0.617 e. The zero-order valence-corrected chi connectivity index (χ0v) is 9.61. The number of benzene rings is 2. The van der Waals surface area contributed by atoms with Crippen LogP contribution in [-0.4, -0.2) is 11.4 Å². The molecule has 2 aromatic carbocycles. The number of hydrogen-bond donors (Lipinski definition) is 1. The summed E-state index contributed by atoms with van der Waals surface area (Å²) in [5, 5.41) is 34.1. The summed E-state index contributed by atoms with van der Waals surface area (Å²) in [6, 6.07) is 8.79. The molecule has 94 valence electrons. The second kappa shape index (κ2) is 3.81. The highest BCUT2D eigenvalue weighted by atomic mass is 16.5. The zero-order chi connectivity index (χ0) is 13.6. The Morgan fingerprint density at radius 1 is 0.947 bits per heavy atom. The van der Waals surface area contributed by atoms with Gasteiger partial charge in [0.2, 0.25) is 0 Å². The van der Waals surface area contributed by atoms with E-state index in [9.17, 15) is 20.3 Å². The standard InChI is InChI=1S/C13H8N2O4/c16-7-8-12(17)6-5-11-13(8)15(19)10-4-2-1-3-9(10)14(11)18/h1-7,17H. The van der Waals surface area contributed by atoms with Crippen LogP contribution in [0.3, 0.4) is 0 Å². The summed E-state index contributed by atoms with van der Waals surface area (Å²) >= 11 is 0. The Hall–Kier alpha value is -2.89. The first kappa shape index (κ1) is 11.2. The first-order valence-electron chi connectivity index (χ1n) is 5.50. The van der Waals surface area contributed by atoms with Gasteiger partial charge < -0.3 is 15.5 Å². The summed E-state index contributed by atoms with van der Waals surface area (Å²) in [5.41, 5.74) is 0.0476. The van der Waals surface area contributed by atoms with Crippen molar-refractivity contribution in [3.05, 3.63) is 52.4 Å². The third-order valence-corrected chi connectivity index (χ3v) is 3.03. The molecule has 0 unspecified atom stereocenters. The minimum atomic E-state index is -0.331. The molecule has 3 rings (SSSR count). The van der Waals surface area contributed by atoms with Gasteiger partial charge in [0.1, 0.15) is 11.3 Å². The quantitative estimate of drug-likeness (QED) is 0.301. The molecule has 1 aromatic heterocycles. The lowest BCUT2D eigenvalue weighted by Crippen LogP contribution is -2.39. The smallest absolute Gasteiger partial charge is 0.305 e. The molecule has 0 aliphatic heterocycles. The molecule has 0 aliphatic rings. The molecule has 0 fully saturated rings. The van der Waals surface area contributed by atoms with Crippen molar-refractivity contribution in [1.29, 1.82) is 0 Å². The van der Waals surface area contributed by atoms with E-state index in [0.717, 1.165) is 0 Å². The van der Waals surface area contributed by atoms with Crippen LogP contribution >= 0.6 is 0 Å². The first-order valence-corrected chi connectivity index (χ1v) is 5.50. The maximum atomic E-state index is 12.3. The molecule has 0 radical (unpaired) electrons. The third-order valence-electron chi connectivity index (χ3n) is 3.03. The molecule has 0 spiro atoms. The molecule has 3 aromatic rings. The highest BCUT2D eigenvalue weighted by molar-refractivity contribution is 5.95. The van der Waals surface area contributed by atoms with Gasteiger partial charge in [0, 0.05) is 18.2 Å². The van der Waals surface area contributed by atoms with Crippen LogP contribution in [0.5, 0.6) is 5.75 Å². The summed E-state index contributed by atoms with van der Waals surface area (Å²) in [4.78, 5) is 11.0. The number of fused-ring (bicyclic) bond motifs is 2. The average molecular weight is 256 g/mol. The van der Waals surface area contributed by atoms with Crippen molar-refractivity contribution in [1.82, 2.24) is 0 Å². The van der Waals surface area contributed by atoms with Crippen molar-refractivity contribution in [2.45, 2.75) is 0 Å². The van der Waals surface area contributed by atoms with Crippen molar-refractivity contribution in [2.75, 3.05) is 0 Å². The number of aromatic hydroxyl groups is 1. The molecule has 0 saturated carbocycles. The number of aromatic nitrogens is 2. The van der Waals surface area contributed by atoms with Crippen LogP contribution in [0.1, 0.15) is 10.4 Å². The molecule has 1 N–H and O–H groups in total. The summed E-state index contributed by atoms with van der Waals surface area (Å²) in [6.45, 7) is 0. The molecule has 6 nitrogen and oxygen atoms in total. The first-order chi connectivity index (χ1) is 9.15. The molecule has 19 heavy (non-hydrogen) atoms. The van der Waals surface area contributed by atoms with E-state index in [1.54, 1.807) is 12.1 Å². The van der Waals surface area contributed by atoms with Crippen LogP contribution in [0, 0.1) is 10.4 Å². The topological polar surface area (TPSA) is 91.2 Å². The van der Waals surface area contributed by atoms with Crippen molar-refractivity contribution in [3.8, 4) is 5.75 Å². The number of phenolic OH excluding ortho intramolecular Hbond substituents is 1. The molecule has 0 amide bonds. The molecule has 0 atom stereocenters. The number of phenols is 1. The van der Waals surface area contributed by atoms with Gasteiger partial charge in [0.25, 0.3) is 16.6 Å². The number of carbonyl (C=O) groups excluding carboxylic acids is 1. The van der Waals surface area contributed by atoms with E-state index in [-0.39, 0.29) is 33.4 Å². The Labute approximate surface area is 106 Å². The van der Waals surface area contributed by atoms with Gasteiger partial charge in [-0.15, -0.1) is 0 Å². The fraction of sp³-hybridized carbons (Fsp3) is 0. The van der Waals surface area contributed by atoms with Crippen molar-refractivity contribution < 1.29 is 19.4 Å². The van der Waals surface area contributed by atoms with E-state index in [0.29, 0.717) is 15.7 Å². The van der Waals surface area contributed by atoms with Crippen LogP contribution in [0.15, 0.2) is 36.4 Å². The van der Waals surface area contributed by atoms with Crippen LogP contribution in [0.4, 0.5) is 0 Å². The monoisotopic (exact) mass is 256 g/mol. The minimum Gasteiger partial charge on any atom is -0.617 e. The van der Waals surface area contributed by atoms with Crippen molar-refractivity contribution in [2.24, 2.45) is 0 Å². The van der Waals surface area contributed by atoms with E-state index in [4.69, 9.17) is 0 Å². The third kappa shape index (κ3) is 1.40. The number of hydrogen-bond acceptors (Lipinski definition) is 4. The number of carbonyl (C=O) groups is 1. The van der Waals surface area contributed by atoms with Crippen LogP contribution < -0.4 is 9.46 Å². The van der Waals surface area contributed by atoms with Crippen molar-refractivity contribution in [3.63, 3.8) is 0 Å². The normalized spacial score (nSPS) is 10.9. The summed E-state index contributed by atoms with van der Waals surface area (Å²) in [6.07, 6.45) is 0.362. The molecular weight excluding hydrogens is 248 g/mol. The van der Waals surface area contributed by atoms with Crippen LogP contribution in [0.2, 0.25) is 0 Å². The van der Waals surface area contributed by atoms with Crippen LogP contribution in [-0.2, 0) is 0 Å². The second-order valence-electron chi connectivity index (χ2n) is 4.06. The van der Waals surface area contributed by atoms with Gasteiger partial charge in [-0.05, 0) is 6.07 Å². The maximum absolute atomic E-state index is 12.3. The molecule has 0 bridgehead atoms. The Morgan fingerprint density at radius 2 is 1.58 bits per heavy atom. The molecule has 1 heterocycles. The van der Waals surface area contributed by atoms with Gasteiger partial charge in [-0.1, -0.05) is 12.1 Å². The van der Waals surface area contributed by atoms with Crippen molar-refractivity contribution >= 4 is 28.4 Å². The van der Waals surface area contributed by atoms with Gasteiger partial charge in [0.05, 0.1) is 0 Å². The fourth-order valence-electron chi connectivity index (χ4n) is 2.14. The molecule has 0 aliphatic carbocycles. The number of nitrogens with zero attached hydrogens (tertiary/aromatic N) is 2. The Balaban J connectivity index is 2.68. The summed E-state index contributed by atoms with van der Waals surface area (Å²) in [7, 11) is 0. The highest BCUT2D eigenvalue weighted by Crippen LogP contribution is 2.22. The maximum Gasteiger partial charge on any atom is 0.305 e. The minimum absolute atomic E-state index is 0.0357. The summed E-state index contributed by atoms with van der Waals surface area (Å²) in [5.74, 6) is -0.331. The van der Waals surface area contributed by atoms with E-state index in [1.165, 1.54) is 24.3 Å². The number of para-hydroxylation sites is 2. The molecular formula is C13H8N2O4. The zero-order valence-electron chi connectivity index (χ0n) is 9.61. The number of aldehydes is 1. The number of rotatable bonds is 1. The summed E-state index contributed by atoms with van der Waals surface area (Å²) < 4.78 is 1.06. The fourth-order valence-corrected chi connectivity index (χ4v) is 2.14. The van der Waals surface area contributed by atoms with Gasteiger partial charge in [-0.25, -0.2) is 0 Å². The average Bonchev–Trinajstić information content (AvgIpc) is 2.44. The van der Waals surface area contributed by atoms with E-state index >= 15 is 0 Å². The van der Waals surface area contributed by atoms with Gasteiger partial charge >= 0.3 is 5.52 Å². The van der Waals surface area contributed by atoms with E-state index in [2.05, 4.69) is 0 Å². The lowest BCUT2D eigenvalue weighted by atomic mass is 10.1. The Kier molecular flexibility index (Phi) is 2.25. The Bertz CT molecular complexity index is 830. The lowest BCUT2D eigenvalue weighted by molar-refractivity contribution is -0.591. The SMILES string of the molecule is O=Cc1c(O)ccc2c1[n+]([O-])c1ccccc1[n+]2[O-]. The van der Waals surface area contributed by atoms with Gasteiger partial charge in [-0.2, -0.15) is 9.46 Å². The highest BCUT2D eigenvalue weighted by Gasteiger charge is 2.25. The predicted octanol–water partition coefficient (Wildman–Crippen LogP) is 0.778. The van der Waals surface area contributed by atoms with Gasteiger partial charge in [-0.3, -0.25) is 4.79 Å². The van der Waals surface area contributed by atoms with Gasteiger partial charge in [0.15, 0.2) is 6.29 Å². The predicted molar refractivity (Wildman–Crippen MR) is 66.4 cm³/mol. The molecule has 6 heteroatoms. The second-order valence-corrected chi connectivity index (χ2v) is 4.06.